The SMILES string of the molecule is CCn1c(C)nc2cc(C(=O)n3cc(C(=O)c4cc(Cl)ccc4O)cn3)ccc21. The van der Waals surface area contributed by atoms with E-state index in [0.717, 1.165) is 28.1 Å². The van der Waals surface area contributed by atoms with E-state index in [2.05, 4.69) is 14.6 Å². The van der Waals surface area contributed by atoms with Crippen LogP contribution in [0.1, 0.15) is 39.0 Å². The van der Waals surface area contributed by atoms with Gasteiger partial charge in [-0.2, -0.15) is 5.10 Å². The molecular formula is C21H17ClN4O3. The first-order valence-electron chi connectivity index (χ1n) is 8.98. The fourth-order valence-corrected chi connectivity index (χ4v) is 3.48. The molecule has 146 valence electrons. The molecule has 0 radical (unpaired) electrons. The maximum atomic E-state index is 12.8. The third kappa shape index (κ3) is 3.30. The molecule has 0 unspecified atom stereocenters. The Kier molecular flexibility index (Phi) is 4.68. The lowest BCUT2D eigenvalue weighted by Gasteiger charge is -2.04. The predicted molar refractivity (Wildman–Crippen MR) is 109 cm³/mol. The Morgan fingerprint density at radius 3 is 2.69 bits per heavy atom. The fourth-order valence-electron chi connectivity index (χ4n) is 3.31. The molecule has 29 heavy (non-hydrogen) atoms. The average Bonchev–Trinajstić information content (AvgIpc) is 3.32. The Morgan fingerprint density at radius 2 is 1.93 bits per heavy atom. The number of carbonyl (C=O) groups is 2. The van der Waals surface area contributed by atoms with Gasteiger partial charge in [0.25, 0.3) is 5.91 Å². The minimum atomic E-state index is -0.475. The lowest BCUT2D eigenvalue weighted by molar-refractivity contribution is 0.0945. The zero-order chi connectivity index (χ0) is 20.7. The number of hydrogen-bond donors (Lipinski definition) is 1. The molecule has 0 saturated carbocycles. The van der Waals surface area contributed by atoms with E-state index >= 15 is 0 Å². The number of ketones is 1. The van der Waals surface area contributed by atoms with E-state index in [1.807, 2.05) is 19.9 Å². The van der Waals surface area contributed by atoms with Gasteiger partial charge in [0.2, 0.25) is 0 Å². The summed E-state index contributed by atoms with van der Waals surface area (Å²) in [6.07, 6.45) is 2.63. The highest BCUT2D eigenvalue weighted by atomic mass is 35.5. The van der Waals surface area contributed by atoms with Crippen molar-refractivity contribution in [1.29, 1.82) is 0 Å². The third-order valence-corrected chi connectivity index (χ3v) is 4.99. The maximum Gasteiger partial charge on any atom is 0.278 e. The van der Waals surface area contributed by atoms with Crippen LogP contribution in [-0.4, -0.2) is 36.1 Å². The molecule has 0 fully saturated rings. The van der Waals surface area contributed by atoms with Gasteiger partial charge in [0, 0.05) is 23.3 Å². The number of aromatic nitrogens is 4. The molecule has 4 aromatic rings. The Bertz CT molecular complexity index is 1270. The first-order chi connectivity index (χ1) is 13.9. The van der Waals surface area contributed by atoms with Gasteiger partial charge in [-0.25, -0.2) is 9.67 Å². The molecule has 0 amide bonds. The van der Waals surface area contributed by atoms with E-state index in [4.69, 9.17) is 11.6 Å². The second kappa shape index (κ2) is 7.18. The quantitative estimate of drug-likeness (QED) is 0.518. The van der Waals surface area contributed by atoms with Crippen molar-refractivity contribution in [3.8, 4) is 5.75 Å². The zero-order valence-corrected chi connectivity index (χ0v) is 16.5. The Hall–Kier alpha value is -3.45. The van der Waals surface area contributed by atoms with Crippen molar-refractivity contribution in [2.45, 2.75) is 20.4 Å². The first-order valence-corrected chi connectivity index (χ1v) is 9.36. The van der Waals surface area contributed by atoms with Gasteiger partial charge in [0.15, 0.2) is 5.78 Å². The number of rotatable bonds is 4. The van der Waals surface area contributed by atoms with Gasteiger partial charge in [-0.1, -0.05) is 11.6 Å². The zero-order valence-electron chi connectivity index (χ0n) is 15.8. The molecule has 2 aromatic heterocycles. The highest BCUT2D eigenvalue weighted by molar-refractivity contribution is 6.31. The van der Waals surface area contributed by atoms with Gasteiger partial charge in [-0.05, 0) is 50.2 Å². The number of nitrogens with zero attached hydrogens (tertiary/aromatic N) is 4. The van der Waals surface area contributed by atoms with Crippen molar-refractivity contribution in [2.75, 3.05) is 0 Å². The highest BCUT2D eigenvalue weighted by Crippen LogP contribution is 2.24. The van der Waals surface area contributed by atoms with Crippen LogP contribution in [0.5, 0.6) is 5.75 Å². The van der Waals surface area contributed by atoms with Crippen LogP contribution in [0.2, 0.25) is 5.02 Å². The molecule has 2 heterocycles. The molecule has 0 aliphatic heterocycles. The van der Waals surface area contributed by atoms with Crippen LogP contribution in [0.4, 0.5) is 0 Å². The maximum absolute atomic E-state index is 12.8. The molecule has 0 aliphatic rings. The van der Waals surface area contributed by atoms with Crippen molar-refractivity contribution >= 4 is 34.3 Å². The Morgan fingerprint density at radius 1 is 1.14 bits per heavy atom. The summed E-state index contributed by atoms with van der Waals surface area (Å²) in [4.78, 5) is 30.0. The van der Waals surface area contributed by atoms with Crippen LogP contribution >= 0.6 is 11.6 Å². The number of benzene rings is 2. The molecule has 4 rings (SSSR count). The molecule has 0 spiro atoms. The normalized spacial score (nSPS) is 11.1. The van der Waals surface area contributed by atoms with E-state index in [1.165, 1.54) is 30.6 Å². The summed E-state index contributed by atoms with van der Waals surface area (Å²) in [6.45, 7) is 4.74. The molecule has 0 atom stereocenters. The van der Waals surface area contributed by atoms with Crippen LogP contribution in [-0.2, 0) is 6.54 Å². The summed E-state index contributed by atoms with van der Waals surface area (Å²) < 4.78 is 3.16. The molecule has 7 nitrogen and oxygen atoms in total. The van der Waals surface area contributed by atoms with Crippen LogP contribution in [0, 0.1) is 6.92 Å². The largest absolute Gasteiger partial charge is 0.507 e. The number of aromatic hydroxyl groups is 1. The van der Waals surface area contributed by atoms with Crippen molar-refractivity contribution in [1.82, 2.24) is 19.3 Å². The van der Waals surface area contributed by atoms with Gasteiger partial charge in [0.05, 0.1) is 28.4 Å². The third-order valence-electron chi connectivity index (χ3n) is 4.76. The number of hydrogen-bond acceptors (Lipinski definition) is 5. The predicted octanol–water partition coefficient (Wildman–Crippen LogP) is 3.84. The standard InChI is InChI=1S/C21H17ClN4O3/c1-3-25-12(2)24-17-8-13(4-6-18(17)25)21(29)26-11-14(10-23-26)20(28)16-9-15(22)5-7-19(16)27/h4-11,27H,3H2,1-2H3. The van der Waals surface area contributed by atoms with Gasteiger partial charge in [-0.15, -0.1) is 0 Å². The smallest absolute Gasteiger partial charge is 0.278 e. The van der Waals surface area contributed by atoms with Gasteiger partial charge >= 0.3 is 0 Å². The summed E-state index contributed by atoms with van der Waals surface area (Å²) in [7, 11) is 0. The lowest BCUT2D eigenvalue weighted by Crippen LogP contribution is -2.12. The van der Waals surface area contributed by atoms with E-state index < -0.39 is 5.78 Å². The van der Waals surface area contributed by atoms with E-state index in [1.54, 1.807) is 12.1 Å². The van der Waals surface area contributed by atoms with Gasteiger partial charge < -0.3 is 9.67 Å². The van der Waals surface area contributed by atoms with E-state index in [0.29, 0.717) is 10.6 Å². The molecule has 1 N–H and O–H groups in total. The van der Waals surface area contributed by atoms with Crippen LogP contribution in [0.25, 0.3) is 11.0 Å². The summed E-state index contributed by atoms with van der Waals surface area (Å²) in [6, 6.07) is 9.48. The Labute approximate surface area is 171 Å². The summed E-state index contributed by atoms with van der Waals surface area (Å²) in [5, 5.41) is 14.3. The molecule has 2 aromatic carbocycles. The summed E-state index contributed by atoms with van der Waals surface area (Å²) >= 11 is 5.91. The van der Waals surface area contributed by atoms with Crippen molar-refractivity contribution < 1.29 is 14.7 Å². The topological polar surface area (TPSA) is 90.0 Å². The average molecular weight is 409 g/mol. The van der Waals surface area contributed by atoms with Crippen LogP contribution in [0.15, 0.2) is 48.8 Å². The lowest BCUT2D eigenvalue weighted by atomic mass is 10.1. The molecule has 0 aliphatic carbocycles. The van der Waals surface area contributed by atoms with Crippen molar-refractivity contribution in [3.63, 3.8) is 0 Å². The van der Waals surface area contributed by atoms with Crippen molar-refractivity contribution in [3.05, 3.63) is 76.3 Å². The summed E-state index contributed by atoms with van der Waals surface area (Å²) in [5.41, 5.74) is 2.30. The fraction of sp³-hybridized carbons (Fsp3) is 0.143. The number of carbonyl (C=O) groups excluding carboxylic acids is 2. The molecular weight excluding hydrogens is 392 g/mol. The first kappa shape index (κ1) is 18.9. The minimum absolute atomic E-state index is 0.0477. The van der Waals surface area contributed by atoms with Crippen LogP contribution in [0.3, 0.4) is 0 Å². The number of imidazole rings is 1. The van der Waals surface area contributed by atoms with Crippen LogP contribution < -0.4 is 0 Å². The van der Waals surface area contributed by atoms with E-state index in [9.17, 15) is 14.7 Å². The second-order valence-electron chi connectivity index (χ2n) is 6.58. The number of fused-ring (bicyclic) bond motifs is 1. The monoisotopic (exact) mass is 408 g/mol. The number of phenolic OH excluding ortho intramolecular Hbond substituents is 1. The Balaban J connectivity index is 1.65. The number of phenols is 1. The second-order valence-corrected chi connectivity index (χ2v) is 7.01. The number of aryl methyl sites for hydroxylation is 2. The molecule has 8 heteroatoms. The minimum Gasteiger partial charge on any atom is -0.507 e. The highest BCUT2D eigenvalue weighted by Gasteiger charge is 2.19. The van der Waals surface area contributed by atoms with Gasteiger partial charge in [0.1, 0.15) is 11.6 Å². The molecule has 0 saturated heterocycles. The van der Waals surface area contributed by atoms with Crippen molar-refractivity contribution in [2.24, 2.45) is 0 Å². The number of halogens is 1. The van der Waals surface area contributed by atoms with Gasteiger partial charge in [-0.3, -0.25) is 9.59 Å². The van der Waals surface area contributed by atoms with E-state index in [-0.39, 0.29) is 22.8 Å². The summed E-state index contributed by atoms with van der Waals surface area (Å²) in [5.74, 6) is -0.173. The molecule has 0 bridgehead atoms.